The van der Waals surface area contributed by atoms with Crippen LogP contribution in [0.5, 0.6) is 11.6 Å². The number of hydrogen-bond donors (Lipinski definition) is 1. The van der Waals surface area contributed by atoms with Crippen LogP contribution in [0.25, 0.3) is 11.3 Å². The number of benzene rings is 1. The molecule has 0 aliphatic carbocycles. The fourth-order valence-corrected chi connectivity index (χ4v) is 4.62. The molecule has 1 fully saturated rings. The quantitative estimate of drug-likeness (QED) is 0.696. The molecule has 2 aliphatic rings. The zero-order valence-corrected chi connectivity index (χ0v) is 18.4. The van der Waals surface area contributed by atoms with Crippen LogP contribution >= 0.6 is 0 Å². The molecule has 3 aromatic rings. The highest BCUT2D eigenvalue weighted by Gasteiger charge is 2.22. The van der Waals surface area contributed by atoms with E-state index in [1.165, 1.54) is 16.7 Å². The summed E-state index contributed by atoms with van der Waals surface area (Å²) < 4.78 is 7.96. The number of ether oxygens (including phenoxy) is 1. The minimum atomic E-state index is 0.270. The van der Waals surface area contributed by atoms with E-state index in [4.69, 9.17) is 15.5 Å². The van der Waals surface area contributed by atoms with Gasteiger partial charge in [0.15, 0.2) is 11.6 Å². The topological polar surface area (TPSA) is 85.3 Å². The largest absolute Gasteiger partial charge is 0.433 e. The second kappa shape index (κ2) is 7.94. The van der Waals surface area contributed by atoms with E-state index in [9.17, 15) is 0 Å². The maximum atomic E-state index is 6.08. The van der Waals surface area contributed by atoms with Gasteiger partial charge in [-0.05, 0) is 69.2 Å². The summed E-state index contributed by atoms with van der Waals surface area (Å²) in [4.78, 5) is 13.7. The highest BCUT2D eigenvalue weighted by atomic mass is 16.5. The highest BCUT2D eigenvalue weighted by Crippen LogP contribution is 2.31. The molecule has 2 N–H and O–H groups in total. The van der Waals surface area contributed by atoms with Gasteiger partial charge < -0.3 is 20.3 Å². The van der Waals surface area contributed by atoms with Crippen molar-refractivity contribution in [2.24, 2.45) is 0 Å². The van der Waals surface area contributed by atoms with E-state index in [2.05, 4.69) is 53.0 Å². The average molecular weight is 420 g/mol. The van der Waals surface area contributed by atoms with E-state index in [1.54, 1.807) is 12.4 Å². The lowest BCUT2D eigenvalue weighted by Gasteiger charge is -2.27. The van der Waals surface area contributed by atoms with Gasteiger partial charge in [0.25, 0.3) is 5.88 Å². The molecule has 8 nitrogen and oxygen atoms in total. The third kappa shape index (κ3) is 4.00. The van der Waals surface area contributed by atoms with Crippen molar-refractivity contribution in [3.8, 4) is 22.9 Å². The molecule has 1 atom stereocenters. The predicted molar refractivity (Wildman–Crippen MR) is 120 cm³/mol. The van der Waals surface area contributed by atoms with Crippen molar-refractivity contribution in [2.45, 2.75) is 32.4 Å². The Balaban J connectivity index is 1.41. The summed E-state index contributed by atoms with van der Waals surface area (Å²) in [5.74, 6) is 1.20. The SMILES string of the molecule is Cc1cc(-c2cnc(N)c(Oc3cnn([C@H]4CCN(C)C4)c3)n2)cc2c1CCN(C)C2. The van der Waals surface area contributed by atoms with Gasteiger partial charge in [-0.15, -0.1) is 0 Å². The van der Waals surface area contributed by atoms with E-state index < -0.39 is 0 Å². The van der Waals surface area contributed by atoms with Crippen LogP contribution in [0.4, 0.5) is 5.82 Å². The molecular formula is C23H29N7O. The molecule has 162 valence electrons. The lowest BCUT2D eigenvalue weighted by atomic mass is 9.92. The second-order valence-electron chi connectivity index (χ2n) is 8.83. The molecule has 4 heterocycles. The number of rotatable bonds is 4. The number of hydrogen-bond acceptors (Lipinski definition) is 7. The molecule has 1 aromatic carbocycles. The molecule has 2 aliphatic heterocycles. The van der Waals surface area contributed by atoms with Gasteiger partial charge in [0, 0.05) is 25.2 Å². The van der Waals surface area contributed by atoms with Gasteiger partial charge in [0.05, 0.1) is 30.3 Å². The molecule has 5 rings (SSSR count). The first kappa shape index (κ1) is 20.0. The smallest absolute Gasteiger partial charge is 0.263 e. The van der Waals surface area contributed by atoms with E-state index >= 15 is 0 Å². The maximum Gasteiger partial charge on any atom is 0.263 e. The number of anilines is 1. The van der Waals surface area contributed by atoms with Gasteiger partial charge in [-0.2, -0.15) is 5.10 Å². The zero-order chi connectivity index (χ0) is 21.5. The highest BCUT2D eigenvalue weighted by molar-refractivity contribution is 5.64. The van der Waals surface area contributed by atoms with Crippen LogP contribution in [-0.4, -0.2) is 63.3 Å². The van der Waals surface area contributed by atoms with Crippen molar-refractivity contribution in [3.63, 3.8) is 0 Å². The van der Waals surface area contributed by atoms with Crippen LogP contribution in [0.1, 0.15) is 29.2 Å². The Kier molecular flexibility index (Phi) is 5.11. The van der Waals surface area contributed by atoms with Gasteiger partial charge in [0.2, 0.25) is 0 Å². The first-order valence-electron chi connectivity index (χ1n) is 10.8. The van der Waals surface area contributed by atoms with Crippen LogP contribution in [0, 0.1) is 6.92 Å². The number of nitrogens with zero attached hydrogens (tertiary/aromatic N) is 6. The van der Waals surface area contributed by atoms with Crippen molar-refractivity contribution >= 4 is 5.82 Å². The number of nitrogens with two attached hydrogens (primary N) is 1. The molecule has 0 bridgehead atoms. The van der Waals surface area contributed by atoms with Gasteiger partial charge in [0.1, 0.15) is 0 Å². The van der Waals surface area contributed by atoms with Crippen molar-refractivity contribution in [1.29, 1.82) is 0 Å². The van der Waals surface area contributed by atoms with Crippen molar-refractivity contribution in [2.75, 3.05) is 39.5 Å². The zero-order valence-electron chi connectivity index (χ0n) is 18.4. The van der Waals surface area contributed by atoms with Gasteiger partial charge >= 0.3 is 0 Å². The summed E-state index contributed by atoms with van der Waals surface area (Å²) in [6.07, 6.45) is 7.51. The molecule has 8 heteroatoms. The van der Waals surface area contributed by atoms with E-state index in [1.807, 2.05) is 10.9 Å². The summed E-state index contributed by atoms with van der Waals surface area (Å²) in [5, 5.41) is 4.48. The van der Waals surface area contributed by atoms with Crippen molar-refractivity contribution < 1.29 is 4.74 Å². The minimum Gasteiger partial charge on any atom is -0.433 e. The van der Waals surface area contributed by atoms with Gasteiger partial charge in [-0.1, -0.05) is 0 Å². The van der Waals surface area contributed by atoms with Crippen LogP contribution in [-0.2, 0) is 13.0 Å². The molecule has 0 saturated carbocycles. The number of aryl methyl sites for hydroxylation is 1. The van der Waals surface area contributed by atoms with E-state index in [-0.39, 0.29) is 5.82 Å². The van der Waals surface area contributed by atoms with Gasteiger partial charge in [-0.25, -0.2) is 9.97 Å². The Morgan fingerprint density at radius 3 is 2.81 bits per heavy atom. The number of likely N-dealkylation sites (tertiary alicyclic amines) is 1. The van der Waals surface area contributed by atoms with E-state index in [0.717, 1.165) is 50.3 Å². The number of aromatic nitrogens is 4. The Morgan fingerprint density at radius 2 is 2.00 bits per heavy atom. The number of likely N-dealkylation sites (N-methyl/N-ethyl adjacent to an activating group) is 2. The third-order valence-corrected chi connectivity index (χ3v) is 6.34. The summed E-state index contributed by atoms with van der Waals surface area (Å²) in [5.41, 5.74) is 12.0. The Bertz CT molecular complexity index is 1110. The monoisotopic (exact) mass is 419 g/mol. The molecule has 1 saturated heterocycles. The molecular weight excluding hydrogens is 390 g/mol. The molecule has 0 radical (unpaired) electrons. The molecule has 31 heavy (non-hydrogen) atoms. The summed E-state index contributed by atoms with van der Waals surface area (Å²) in [7, 11) is 4.28. The second-order valence-corrected chi connectivity index (χ2v) is 8.83. The standard InChI is InChI=1S/C23H29N7O/c1-15-8-16(9-17-12-28(2)7-5-20(15)17)21-11-25-22(24)23(27-21)31-19-10-26-30(14-19)18-4-6-29(3)13-18/h8-11,14,18H,4-7,12-13H2,1-3H3,(H2,24,25)/t18-/m0/s1. The lowest BCUT2D eigenvalue weighted by molar-refractivity contribution is 0.312. The first-order chi connectivity index (χ1) is 15.0. The van der Waals surface area contributed by atoms with Crippen LogP contribution < -0.4 is 10.5 Å². The fourth-order valence-electron chi connectivity index (χ4n) is 4.62. The summed E-state index contributed by atoms with van der Waals surface area (Å²) in [6, 6.07) is 4.77. The number of nitrogen functional groups attached to an aromatic ring is 1. The van der Waals surface area contributed by atoms with Crippen LogP contribution in [0.15, 0.2) is 30.7 Å². The fraction of sp³-hybridized carbons (Fsp3) is 0.435. The maximum absolute atomic E-state index is 6.08. The van der Waals surface area contributed by atoms with Crippen molar-refractivity contribution in [3.05, 3.63) is 47.4 Å². The van der Waals surface area contributed by atoms with Crippen LogP contribution in [0.2, 0.25) is 0 Å². The third-order valence-electron chi connectivity index (χ3n) is 6.34. The van der Waals surface area contributed by atoms with E-state index in [0.29, 0.717) is 17.7 Å². The summed E-state index contributed by atoms with van der Waals surface area (Å²) in [6.45, 7) is 6.29. The van der Waals surface area contributed by atoms with Gasteiger partial charge in [-0.3, -0.25) is 4.68 Å². The number of fused-ring (bicyclic) bond motifs is 1. The first-order valence-corrected chi connectivity index (χ1v) is 10.8. The Hall–Kier alpha value is -2.97. The predicted octanol–water partition coefficient (Wildman–Crippen LogP) is 2.89. The Morgan fingerprint density at radius 1 is 1.13 bits per heavy atom. The normalized spacial score (nSPS) is 19.5. The summed E-state index contributed by atoms with van der Waals surface area (Å²) >= 11 is 0. The minimum absolute atomic E-state index is 0.270. The van der Waals surface area contributed by atoms with Crippen LogP contribution in [0.3, 0.4) is 0 Å². The average Bonchev–Trinajstić information content (AvgIpc) is 3.38. The molecule has 0 spiro atoms. The van der Waals surface area contributed by atoms with Crippen molar-refractivity contribution in [1.82, 2.24) is 29.5 Å². The lowest BCUT2D eigenvalue weighted by Crippen LogP contribution is -2.27. The molecule has 0 amide bonds. The Labute approximate surface area is 182 Å². The molecule has 0 unspecified atom stereocenters. The molecule has 2 aromatic heterocycles.